The Bertz CT molecular complexity index is 798. The summed E-state index contributed by atoms with van der Waals surface area (Å²) < 4.78 is 10.5. The zero-order valence-electron chi connectivity index (χ0n) is 15.2. The Labute approximate surface area is 148 Å². The number of anilines is 1. The van der Waals surface area contributed by atoms with Gasteiger partial charge in [0.2, 0.25) is 0 Å². The first-order valence-corrected chi connectivity index (χ1v) is 8.05. The highest BCUT2D eigenvalue weighted by molar-refractivity contribution is 5.98. The minimum absolute atomic E-state index is 0.342. The van der Waals surface area contributed by atoms with Crippen molar-refractivity contribution in [3.63, 3.8) is 0 Å². The Hall–Kier alpha value is -2.82. The second-order valence-electron chi connectivity index (χ2n) is 6.04. The molecule has 0 heterocycles. The quantitative estimate of drug-likeness (QED) is 0.840. The average Bonchev–Trinajstić information content (AvgIpc) is 2.58. The lowest BCUT2D eigenvalue weighted by molar-refractivity contribution is -0.123. The normalized spacial score (nSPS) is 11.6. The van der Waals surface area contributed by atoms with Gasteiger partial charge in [-0.25, -0.2) is 4.79 Å². The molecule has 1 amide bonds. The van der Waals surface area contributed by atoms with Gasteiger partial charge in [-0.2, -0.15) is 0 Å². The highest BCUT2D eigenvalue weighted by Crippen LogP contribution is 2.20. The average molecular weight is 341 g/mol. The van der Waals surface area contributed by atoms with Gasteiger partial charge in [0, 0.05) is 5.69 Å². The van der Waals surface area contributed by atoms with Crippen LogP contribution < -0.4 is 10.1 Å². The van der Waals surface area contributed by atoms with Crippen LogP contribution in [0.4, 0.5) is 5.69 Å². The SMILES string of the molecule is COc1cc(C(=O)O[C@H](C)C(=O)Nc2cc(C)ccc2C)ccc1C. The topological polar surface area (TPSA) is 64.6 Å². The number of carbonyl (C=O) groups excluding carboxylic acids is 2. The van der Waals surface area contributed by atoms with Crippen molar-refractivity contribution >= 4 is 17.6 Å². The molecule has 1 N–H and O–H groups in total. The smallest absolute Gasteiger partial charge is 0.339 e. The number of rotatable bonds is 5. The molecule has 0 unspecified atom stereocenters. The third-order valence-electron chi connectivity index (χ3n) is 3.95. The van der Waals surface area contributed by atoms with Crippen LogP contribution in [0.5, 0.6) is 5.75 Å². The van der Waals surface area contributed by atoms with Crippen LogP contribution in [-0.4, -0.2) is 25.1 Å². The van der Waals surface area contributed by atoms with Crippen LogP contribution in [0.25, 0.3) is 0 Å². The van der Waals surface area contributed by atoms with E-state index >= 15 is 0 Å². The minimum atomic E-state index is -0.917. The molecule has 132 valence electrons. The number of hydrogen-bond acceptors (Lipinski definition) is 4. The van der Waals surface area contributed by atoms with Crippen molar-refractivity contribution in [1.29, 1.82) is 0 Å². The lowest BCUT2D eigenvalue weighted by Gasteiger charge is -2.15. The number of ether oxygens (including phenoxy) is 2. The number of aryl methyl sites for hydroxylation is 3. The van der Waals surface area contributed by atoms with Crippen molar-refractivity contribution in [3.05, 3.63) is 58.7 Å². The number of methoxy groups -OCH3 is 1. The largest absolute Gasteiger partial charge is 0.496 e. The Morgan fingerprint density at radius 2 is 1.68 bits per heavy atom. The maximum absolute atomic E-state index is 12.3. The van der Waals surface area contributed by atoms with Crippen molar-refractivity contribution in [2.45, 2.75) is 33.8 Å². The molecular weight excluding hydrogens is 318 g/mol. The maximum atomic E-state index is 12.3. The molecule has 0 bridgehead atoms. The number of benzene rings is 2. The molecule has 25 heavy (non-hydrogen) atoms. The lowest BCUT2D eigenvalue weighted by atomic mass is 10.1. The molecule has 0 spiro atoms. The predicted molar refractivity (Wildman–Crippen MR) is 97.2 cm³/mol. The van der Waals surface area contributed by atoms with Crippen LogP contribution in [0.15, 0.2) is 36.4 Å². The summed E-state index contributed by atoms with van der Waals surface area (Å²) in [7, 11) is 1.54. The van der Waals surface area contributed by atoms with E-state index in [1.807, 2.05) is 39.0 Å². The van der Waals surface area contributed by atoms with Gasteiger partial charge in [-0.3, -0.25) is 4.79 Å². The first-order valence-electron chi connectivity index (χ1n) is 8.05. The minimum Gasteiger partial charge on any atom is -0.496 e. The molecule has 0 aliphatic rings. The fraction of sp³-hybridized carbons (Fsp3) is 0.300. The molecule has 0 aliphatic carbocycles. The first kappa shape index (κ1) is 18.5. The molecular formula is C20H23NO4. The van der Waals surface area contributed by atoms with Crippen LogP contribution in [0, 0.1) is 20.8 Å². The fourth-order valence-corrected chi connectivity index (χ4v) is 2.33. The highest BCUT2D eigenvalue weighted by atomic mass is 16.5. The van der Waals surface area contributed by atoms with Gasteiger partial charge in [-0.15, -0.1) is 0 Å². The van der Waals surface area contributed by atoms with Crippen molar-refractivity contribution < 1.29 is 19.1 Å². The van der Waals surface area contributed by atoms with E-state index in [0.717, 1.165) is 16.7 Å². The third kappa shape index (κ3) is 4.59. The molecule has 0 aliphatic heterocycles. The van der Waals surface area contributed by atoms with E-state index in [0.29, 0.717) is 17.0 Å². The highest BCUT2D eigenvalue weighted by Gasteiger charge is 2.20. The van der Waals surface area contributed by atoms with E-state index < -0.39 is 12.1 Å². The monoisotopic (exact) mass is 341 g/mol. The van der Waals surface area contributed by atoms with Gasteiger partial charge in [0.05, 0.1) is 12.7 Å². The molecule has 2 rings (SSSR count). The van der Waals surface area contributed by atoms with Gasteiger partial charge in [0.25, 0.3) is 5.91 Å². The van der Waals surface area contributed by atoms with Crippen molar-refractivity contribution in [1.82, 2.24) is 0 Å². The molecule has 0 fully saturated rings. The standard InChI is InChI=1S/C20H23NO4/c1-12-6-7-13(2)17(10-12)21-19(22)15(4)25-20(23)16-9-8-14(3)18(11-16)24-5/h6-11,15H,1-5H3,(H,21,22)/t15-/m1/s1. The molecule has 2 aromatic carbocycles. The number of esters is 1. The number of hydrogen-bond donors (Lipinski definition) is 1. The van der Waals surface area contributed by atoms with Crippen LogP contribution >= 0.6 is 0 Å². The van der Waals surface area contributed by atoms with Crippen molar-refractivity contribution in [3.8, 4) is 5.75 Å². The van der Waals surface area contributed by atoms with Gasteiger partial charge < -0.3 is 14.8 Å². The van der Waals surface area contributed by atoms with E-state index in [2.05, 4.69) is 5.32 Å². The van der Waals surface area contributed by atoms with Gasteiger partial charge in [-0.1, -0.05) is 18.2 Å². The van der Waals surface area contributed by atoms with Crippen LogP contribution in [-0.2, 0) is 9.53 Å². The van der Waals surface area contributed by atoms with Gasteiger partial charge >= 0.3 is 5.97 Å². The molecule has 0 saturated carbocycles. The van der Waals surface area contributed by atoms with Gasteiger partial charge in [0.15, 0.2) is 6.10 Å². The summed E-state index contributed by atoms with van der Waals surface area (Å²) in [5.74, 6) is -0.343. The van der Waals surface area contributed by atoms with Crippen molar-refractivity contribution in [2.24, 2.45) is 0 Å². The summed E-state index contributed by atoms with van der Waals surface area (Å²) in [5.41, 5.74) is 3.96. The first-order chi connectivity index (χ1) is 11.8. The van der Waals surface area contributed by atoms with Crippen LogP contribution in [0.2, 0.25) is 0 Å². The number of amides is 1. The second kappa shape index (κ2) is 7.83. The van der Waals surface area contributed by atoms with E-state index in [1.54, 1.807) is 25.1 Å². The number of nitrogens with one attached hydrogen (secondary N) is 1. The summed E-state index contributed by atoms with van der Waals surface area (Å²) in [6, 6.07) is 10.8. The van der Waals surface area contributed by atoms with E-state index in [4.69, 9.17) is 9.47 Å². The summed E-state index contributed by atoms with van der Waals surface area (Å²) in [4.78, 5) is 24.6. The molecule has 5 nitrogen and oxygen atoms in total. The van der Waals surface area contributed by atoms with E-state index in [-0.39, 0.29) is 5.91 Å². The molecule has 0 radical (unpaired) electrons. The zero-order chi connectivity index (χ0) is 18.6. The fourth-order valence-electron chi connectivity index (χ4n) is 2.33. The maximum Gasteiger partial charge on any atom is 0.339 e. The molecule has 2 aromatic rings. The summed E-state index contributed by atoms with van der Waals surface area (Å²) in [5, 5.41) is 2.80. The Balaban J connectivity index is 2.05. The van der Waals surface area contributed by atoms with E-state index in [9.17, 15) is 9.59 Å². The Kier molecular flexibility index (Phi) is 5.80. The van der Waals surface area contributed by atoms with Crippen LogP contribution in [0.3, 0.4) is 0 Å². The molecule has 0 saturated heterocycles. The Morgan fingerprint density at radius 1 is 1.00 bits per heavy atom. The summed E-state index contributed by atoms with van der Waals surface area (Å²) in [6.07, 6.45) is -0.917. The second-order valence-corrected chi connectivity index (χ2v) is 6.04. The molecule has 0 aromatic heterocycles. The lowest BCUT2D eigenvalue weighted by Crippen LogP contribution is -2.30. The van der Waals surface area contributed by atoms with Gasteiger partial charge in [-0.05, 0) is 62.6 Å². The summed E-state index contributed by atoms with van der Waals surface area (Å²) in [6.45, 7) is 7.28. The number of carbonyl (C=O) groups is 2. The zero-order valence-corrected chi connectivity index (χ0v) is 15.2. The van der Waals surface area contributed by atoms with Crippen molar-refractivity contribution in [2.75, 3.05) is 12.4 Å². The van der Waals surface area contributed by atoms with E-state index in [1.165, 1.54) is 7.11 Å². The van der Waals surface area contributed by atoms with Gasteiger partial charge in [0.1, 0.15) is 5.75 Å². The Morgan fingerprint density at radius 3 is 2.36 bits per heavy atom. The third-order valence-corrected chi connectivity index (χ3v) is 3.95. The molecule has 5 heteroatoms. The van der Waals surface area contributed by atoms with Crippen LogP contribution in [0.1, 0.15) is 34.0 Å². The molecule has 1 atom stereocenters. The summed E-state index contributed by atoms with van der Waals surface area (Å²) >= 11 is 0. The predicted octanol–water partition coefficient (Wildman–Crippen LogP) is 3.80.